The number of nitrogens with one attached hydrogen (secondary N) is 1. The van der Waals surface area contributed by atoms with Crippen molar-refractivity contribution in [3.63, 3.8) is 0 Å². The van der Waals surface area contributed by atoms with Crippen molar-refractivity contribution in [3.8, 4) is 0 Å². The van der Waals surface area contributed by atoms with Gasteiger partial charge in [-0.15, -0.1) is 0 Å². The summed E-state index contributed by atoms with van der Waals surface area (Å²) in [5.74, 6) is 1.73. The van der Waals surface area contributed by atoms with Gasteiger partial charge in [0.25, 0.3) is 0 Å². The van der Waals surface area contributed by atoms with Crippen LogP contribution < -0.4 is 5.32 Å². The average Bonchev–Trinajstić information content (AvgIpc) is 2.30. The summed E-state index contributed by atoms with van der Waals surface area (Å²) in [5, 5.41) is 3.53. The van der Waals surface area contributed by atoms with Crippen LogP contribution in [0.2, 0.25) is 0 Å². The molecule has 1 fully saturated rings. The monoisotopic (exact) mass is 211 g/mol. The maximum atomic E-state index is 3.53. The molecule has 1 N–H and O–H groups in total. The molecule has 0 bridgehead atoms. The van der Waals surface area contributed by atoms with Crippen LogP contribution in [0.15, 0.2) is 0 Å². The van der Waals surface area contributed by atoms with E-state index in [1.165, 1.54) is 45.2 Å². The van der Waals surface area contributed by atoms with E-state index in [2.05, 4.69) is 33.0 Å². The molecular formula is C14H29N. The van der Waals surface area contributed by atoms with Crippen molar-refractivity contribution in [3.05, 3.63) is 0 Å². The Labute approximate surface area is 96.0 Å². The SMILES string of the molecule is CC(C)C(C)(C)C1CCCCNCCC1. The molecule has 0 radical (unpaired) electrons. The molecule has 0 saturated carbocycles. The van der Waals surface area contributed by atoms with E-state index in [0.29, 0.717) is 5.41 Å². The van der Waals surface area contributed by atoms with Crippen molar-refractivity contribution in [2.45, 2.75) is 59.8 Å². The molecule has 15 heavy (non-hydrogen) atoms. The van der Waals surface area contributed by atoms with Crippen molar-refractivity contribution in [1.82, 2.24) is 5.32 Å². The first-order valence-electron chi connectivity index (χ1n) is 6.76. The van der Waals surface area contributed by atoms with E-state index in [4.69, 9.17) is 0 Å². The molecule has 90 valence electrons. The third-order valence-corrected chi connectivity index (χ3v) is 4.60. The molecule has 0 spiro atoms. The van der Waals surface area contributed by atoms with Crippen LogP contribution >= 0.6 is 0 Å². The molecule has 1 heterocycles. The first kappa shape index (κ1) is 13.0. The van der Waals surface area contributed by atoms with Gasteiger partial charge in [0.05, 0.1) is 0 Å². The maximum absolute atomic E-state index is 3.53. The Kier molecular flexibility index (Phi) is 5.11. The highest BCUT2D eigenvalue weighted by Crippen LogP contribution is 2.40. The van der Waals surface area contributed by atoms with Gasteiger partial charge in [0, 0.05) is 0 Å². The van der Waals surface area contributed by atoms with Crippen molar-refractivity contribution < 1.29 is 0 Å². The van der Waals surface area contributed by atoms with Crippen LogP contribution in [0.5, 0.6) is 0 Å². The highest BCUT2D eigenvalue weighted by Gasteiger charge is 2.31. The lowest BCUT2D eigenvalue weighted by Gasteiger charge is -2.38. The van der Waals surface area contributed by atoms with Crippen molar-refractivity contribution in [1.29, 1.82) is 0 Å². The summed E-state index contributed by atoms with van der Waals surface area (Å²) in [7, 11) is 0. The molecule has 1 heteroatoms. The van der Waals surface area contributed by atoms with E-state index in [1.807, 2.05) is 0 Å². The normalized spacial score (nSPS) is 25.8. The highest BCUT2D eigenvalue weighted by atomic mass is 14.8. The maximum Gasteiger partial charge on any atom is -0.00488 e. The zero-order chi connectivity index (χ0) is 11.3. The number of hydrogen-bond donors (Lipinski definition) is 1. The lowest BCUT2D eigenvalue weighted by Crippen LogP contribution is -2.30. The predicted molar refractivity (Wildman–Crippen MR) is 68.1 cm³/mol. The molecule has 0 aromatic carbocycles. The Hall–Kier alpha value is -0.0400. The zero-order valence-corrected chi connectivity index (χ0v) is 11.1. The minimum Gasteiger partial charge on any atom is -0.317 e. The second kappa shape index (κ2) is 5.89. The Bertz CT molecular complexity index is 162. The average molecular weight is 211 g/mol. The first-order chi connectivity index (χ1) is 7.05. The Morgan fingerprint density at radius 3 is 2.27 bits per heavy atom. The molecule has 1 nitrogen and oxygen atoms in total. The van der Waals surface area contributed by atoms with Gasteiger partial charge in [-0.1, -0.05) is 34.1 Å². The number of rotatable bonds is 2. The fraction of sp³-hybridized carbons (Fsp3) is 1.00. The third-order valence-electron chi connectivity index (χ3n) is 4.60. The highest BCUT2D eigenvalue weighted by molar-refractivity contribution is 4.82. The smallest absolute Gasteiger partial charge is 0.00488 e. The van der Waals surface area contributed by atoms with E-state index in [1.54, 1.807) is 0 Å². The molecule has 0 amide bonds. The molecule has 0 aliphatic carbocycles. The Morgan fingerprint density at radius 2 is 1.60 bits per heavy atom. The topological polar surface area (TPSA) is 12.0 Å². The molecule has 1 rings (SSSR count). The summed E-state index contributed by atoms with van der Waals surface area (Å²) >= 11 is 0. The Morgan fingerprint density at radius 1 is 1.00 bits per heavy atom. The van der Waals surface area contributed by atoms with Crippen LogP contribution in [0.4, 0.5) is 0 Å². The standard InChI is InChI=1S/C14H29N/c1-12(2)14(3,4)13-8-5-6-10-15-11-7-9-13/h12-13,15H,5-11H2,1-4H3. The second-order valence-electron chi connectivity index (χ2n) is 6.06. The summed E-state index contributed by atoms with van der Waals surface area (Å²) in [4.78, 5) is 0. The molecule has 1 atom stereocenters. The van der Waals surface area contributed by atoms with Gasteiger partial charge in [-0.25, -0.2) is 0 Å². The molecule has 1 saturated heterocycles. The second-order valence-corrected chi connectivity index (χ2v) is 6.06. The largest absolute Gasteiger partial charge is 0.317 e. The summed E-state index contributed by atoms with van der Waals surface area (Å²) in [6.45, 7) is 12.1. The van der Waals surface area contributed by atoms with Gasteiger partial charge >= 0.3 is 0 Å². The molecule has 1 unspecified atom stereocenters. The van der Waals surface area contributed by atoms with Crippen molar-refractivity contribution >= 4 is 0 Å². The van der Waals surface area contributed by atoms with Crippen LogP contribution in [-0.4, -0.2) is 13.1 Å². The molecule has 1 aliphatic rings. The fourth-order valence-electron chi connectivity index (χ4n) is 2.60. The minimum atomic E-state index is 0.518. The zero-order valence-electron chi connectivity index (χ0n) is 11.1. The summed E-state index contributed by atoms with van der Waals surface area (Å²) in [6.07, 6.45) is 6.99. The van der Waals surface area contributed by atoms with Crippen LogP contribution in [0, 0.1) is 17.3 Å². The van der Waals surface area contributed by atoms with Crippen LogP contribution in [-0.2, 0) is 0 Å². The summed E-state index contributed by atoms with van der Waals surface area (Å²) < 4.78 is 0. The lowest BCUT2D eigenvalue weighted by atomic mass is 9.67. The molecule has 0 aromatic rings. The van der Waals surface area contributed by atoms with E-state index in [-0.39, 0.29) is 0 Å². The Balaban J connectivity index is 2.55. The summed E-state index contributed by atoms with van der Waals surface area (Å²) in [6, 6.07) is 0. The van der Waals surface area contributed by atoms with E-state index in [9.17, 15) is 0 Å². The quantitative estimate of drug-likeness (QED) is 0.732. The third kappa shape index (κ3) is 3.79. The van der Waals surface area contributed by atoms with Gasteiger partial charge in [-0.05, 0) is 56.0 Å². The van der Waals surface area contributed by atoms with Crippen LogP contribution in [0.3, 0.4) is 0 Å². The lowest BCUT2D eigenvalue weighted by molar-refractivity contribution is 0.118. The van der Waals surface area contributed by atoms with Gasteiger partial charge < -0.3 is 5.32 Å². The van der Waals surface area contributed by atoms with Crippen molar-refractivity contribution in [2.75, 3.05) is 13.1 Å². The van der Waals surface area contributed by atoms with Crippen molar-refractivity contribution in [2.24, 2.45) is 17.3 Å². The molecular weight excluding hydrogens is 182 g/mol. The van der Waals surface area contributed by atoms with Gasteiger partial charge in [0.1, 0.15) is 0 Å². The van der Waals surface area contributed by atoms with E-state index in [0.717, 1.165) is 11.8 Å². The van der Waals surface area contributed by atoms with Gasteiger partial charge in [0.15, 0.2) is 0 Å². The van der Waals surface area contributed by atoms with Crippen LogP contribution in [0.25, 0.3) is 0 Å². The van der Waals surface area contributed by atoms with Gasteiger partial charge in [0.2, 0.25) is 0 Å². The van der Waals surface area contributed by atoms with Gasteiger partial charge in [-0.2, -0.15) is 0 Å². The number of hydrogen-bond acceptors (Lipinski definition) is 1. The first-order valence-corrected chi connectivity index (χ1v) is 6.76. The van der Waals surface area contributed by atoms with Crippen LogP contribution in [0.1, 0.15) is 59.8 Å². The molecule has 1 aliphatic heterocycles. The fourth-order valence-corrected chi connectivity index (χ4v) is 2.60. The van der Waals surface area contributed by atoms with Gasteiger partial charge in [-0.3, -0.25) is 0 Å². The predicted octanol–water partition coefficient (Wildman–Crippen LogP) is 3.84. The van der Waals surface area contributed by atoms with E-state index >= 15 is 0 Å². The summed E-state index contributed by atoms with van der Waals surface area (Å²) in [5.41, 5.74) is 0.518. The minimum absolute atomic E-state index is 0.518. The van der Waals surface area contributed by atoms with E-state index < -0.39 is 0 Å². The molecule has 0 aromatic heterocycles.